The molecule has 4 nitrogen and oxygen atoms in total. The first-order valence-electron chi connectivity index (χ1n) is 7.97. The lowest BCUT2D eigenvalue weighted by Crippen LogP contribution is -2.30. The second kappa shape index (κ2) is 6.59. The Hall–Kier alpha value is -1.43. The Balaban J connectivity index is 0.00000156. The summed E-state index contributed by atoms with van der Waals surface area (Å²) in [6.07, 6.45) is 4.25. The third kappa shape index (κ3) is 3.13. The molecule has 0 amide bonds. The lowest BCUT2D eigenvalue weighted by molar-refractivity contribution is 0.292. The Labute approximate surface area is 141 Å². The summed E-state index contributed by atoms with van der Waals surface area (Å²) in [5.74, 6) is 1.19. The van der Waals surface area contributed by atoms with Crippen LogP contribution in [0.5, 0.6) is 0 Å². The third-order valence-corrected chi connectivity index (χ3v) is 5.17. The van der Waals surface area contributed by atoms with Gasteiger partial charge in [-0.3, -0.25) is 4.90 Å². The van der Waals surface area contributed by atoms with Crippen LogP contribution in [0.3, 0.4) is 0 Å². The van der Waals surface area contributed by atoms with Crippen molar-refractivity contribution < 1.29 is 4.39 Å². The fourth-order valence-electron chi connectivity index (χ4n) is 4.02. The Kier molecular flexibility index (Phi) is 4.71. The van der Waals surface area contributed by atoms with E-state index < -0.39 is 0 Å². The predicted octanol–water partition coefficient (Wildman–Crippen LogP) is 2.60. The van der Waals surface area contributed by atoms with E-state index in [2.05, 4.69) is 10.00 Å². The van der Waals surface area contributed by atoms with Crippen molar-refractivity contribution in [3.63, 3.8) is 0 Å². The molecule has 1 aliphatic carbocycles. The normalized spacial score (nSPS) is 27.0. The first kappa shape index (κ1) is 16.4. The third-order valence-electron chi connectivity index (χ3n) is 5.17. The van der Waals surface area contributed by atoms with Crippen LogP contribution in [0.2, 0.25) is 0 Å². The minimum absolute atomic E-state index is 0. The van der Waals surface area contributed by atoms with Crippen molar-refractivity contribution in [2.45, 2.75) is 25.4 Å². The van der Waals surface area contributed by atoms with Crippen LogP contribution in [0.1, 0.15) is 18.5 Å². The van der Waals surface area contributed by atoms with Gasteiger partial charge in [0, 0.05) is 31.9 Å². The van der Waals surface area contributed by atoms with Gasteiger partial charge in [-0.1, -0.05) is 0 Å². The van der Waals surface area contributed by atoms with E-state index in [-0.39, 0.29) is 18.2 Å². The van der Waals surface area contributed by atoms with Crippen molar-refractivity contribution in [2.24, 2.45) is 17.6 Å². The number of likely N-dealkylation sites (tertiary alicyclic amines) is 1. The summed E-state index contributed by atoms with van der Waals surface area (Å²) in [6.45, 7) is 3.09. The van der Waals surface area contributed by atoms with Crippen LogP contribution in [0, 0.1) is 17.7 Å². The van der Waals surface area contributed by atoms with Crippen molar-refractivity contribution >= 4 is 12.4 Å². The summed E-state index contributed by atoms with van der Waals surface area (Å²) in [5, 5.41) is 4.39. The number of hydrogen-bond acceptors (Lipinski definition) is 3. The molecule has 3 unspecified atom stereocenters. The first-order valence-corrected chi connectivity index (χ1v) is 7.97. The predicted molar refractivity (Wildman–Crippen MR) is 90.2 cm³/mol. The molecule has 1 aromatic heterocycles. The molecule has 0 radical (unpaired) electrons. The van der Waals surface area contributed by atoms with Gasteiger partial charge in [-0.2, -0.15) is 5.10 Å². The highest BCUT2D eigenvalue weighted by Crippen LogP contribution is 2.37. The second-order valence-electron chi connectivity index (χ2n) is 6.57. The van der Waals surface area contributed by atoms with Crippen molar-refractivity contribution in [3.05, 3.63) is 48.0 Å². The number of aromatic nitrogens is 2. The van der Waals surface area contributed by atoms with E-state index in [1.54, 1.807) is 18.3 Å². The van der Waals surface area contributed by atoms with Crippen LogP contribution in [0.4, 0.5) is 4.39 Å². The number of fused-ring (bicyclic) bond motifs is 1. The zero-order chi connectivity index (χ0) is 15.1. The number of nitrogens with two attached hydrogens (primary N) is 1. The van der Waals surface area contributed by atoms with E-state index in [1.807, 2.05) is 10.7 Å². The summed E-state index contributed by atoms with van der Waals surface area (Å²) in [6, 6.07) is 8.88. The van der Waals surface area contributed by atoms with Gasteiger partial charge in [-0.25, -0.2) is 9.07 Å². The van der Waals surface area contributed by atoms with Crippen LogP contribution in [0.15, 0.2) is 36.5 Å². The summed E-state index contributed by atoms with van der Waals surface area (Å²) in [5.41, 5.74) is 8.25. The van der Waals surface area contributed by atoms with Gasteiger partial charge < -0.3 is 5.73 Å². The lowest BCUT2D eigenvalue weighted by atomic mass is 9.98. The molecule has 1 saturated heterocycles. The van der Waals surface area contributed by atoms with Crippen LogP contribution in [-0.4, -0.2) is 33.8 Å². The number of nitrogens with zero attached hydrogens (tertiary/aromatic N) is 3. The van der Waals surface area contributed by atoms with Crippen LogP contribution < -0.4 is 5.73 Å². The van der Waals surface area contributed by atoms with Gasteiger partial charge in [0.1, 0.15) is 5.82 Å². The van der Waals surface area contributed by atoms with Gasteiger partial charge in [-0.05, 0) is 55.0 Å². The quantitative estimate of drug-likeness (QED) is 0.937. The fraction of sp³-hybridized carbons (Fsp3) is 0.471. The Morgan fingerprint density at radius 2 is 1.91 bits per heavy atom. The molecule has 2 heterocycles. The molecule has 0 bridgehead atoms. The smallest absolute Gasteiger partial charge is 0.123 e. The van der Waals surface area contributed by atoms with Gasteiger partial charge in [0.25, 0.3) is 0 Å². The van der Waals surface area contributed by atoms with Gasteiger partial charge >= 0.3 is 0 Å². The molecule has 2 aliphatic rings. The monoisotopic (exact) mass is 336 g/mol. The summed E-state index contributed by atoms with van der Waals surface area (Å²) in [7, 11) is 0. The van der Waals surface area contributed by atoms with Crippen molar-refractivity contribution in [1.29, 1.82) is 0 Å². The summed E-state index contributed by atoms with van der Waals surface area (Å²) in [4.78, 5) is 2.48. The zero-order valence-corrected chi connectivity index (χ0v) is 13.8. The lowest BCUT2D eigenvalue weighted by Gasteiger charge is -2.19. The standard InChI is InChI=1S/C17H21FN4.ClH/c18-13-2-4-14(5-3-13)22-15(7-8-20-22)10-21-9-12-1-6-17(19)16(12)11-21;/h2-5,7-8,12,16-17H,1,6,9-11,19H2;1H. The van der Waals surface area contributed by atoms with Crippen LogP contribution in [-0.2, 0) is 6.54 Å². The Morgan fingerprint density at radius 3 is 2.65 bits per heavy atom. The molecule has 3 atom stereocenters. The van der Waals surface area contributed by atoms with Gasteiger partial charge in [0.15, 0.2) is 0 Å². The molecular weight excluding hydrogens is 315 g/mol. The maximum atomic E-state index is 13.1. The fourth-order valence-corrected chi connectivity index (χ4v) is 4.02. The van der Waals surface area contributed by atoms with Gasteiger partial charge in [0.2, 0.25) is 0 Å². The average molecular weight is 337 g/mol. The number of halogens is 2. The molecular formula is C17H22ClFN4. The van der Waals surface area contributed by atoms with Crippen molar-refractivity contribution in [1.82, 2.24) is 14.7 Å². The first-order chi connectivity index (χ1) is 10.7. The van der Waals surface area contributed by atoms with Crippen molar-refractivity contribution in [3.8, 4) is 5.69 Å². The molecule has 1 saturated carbocycles. The van der Waals surface area contributed by atoms with E-state index in [0.717, 1.165) is 36.9 Å². The summed E-state index contributed by atoms with van der Waals surface area (Å²) >= 11 is 0. The molecule has 2 fully saturated rings. The molecule has 2 N–H and O–H groups in total. The highest BCUT2D eigenvalue weighted by Gasteiger charge is 2.40. The average Bonchev–Trinajstić information content (AvgIpc) is 3.19. The number of hydrogen-bond donors (Lipinski definition) is 1. The molecule has 2 aromatic rings. The maximum Gasteiger partial charge on any atom is 0.123 e. The van der Waals surface area contributed by atoms with E-state index in [9.17, 15) is 4.39 Å². The highest BCUT2D eigenvalue weighted by molar-refractivity contribution is 5.85. The molecule has 0 spiro atoms. The molecule has 6 heteroatoms. The Morgan fingerprint density at radius 1 is 1.13 bits per heavy atom. The SMILES string of the molecule is Cl.NC1CCC2CN(Cc3ccnn3-c3ccc(F)cc3)CC12. The summed E-state index contributed by atoms with van der Waals surface area (Å²) < 4.78 is 15.0. The number of benzene rings is 1. The minimum atomic E-state index is -0.223. The number of rotatable bonds is 3. The maximum absolute atomic E-state index is 13.1. The van der Waals surface area contributed by atoms with Crippen LogP contribution >= 0.6 is 12.4 Å². The highest BCUT2D eigenvalue weighted by atomic mass is 35.5. The topological polar surface area (TPSA) is 47.1 Å². The molecule has 23 heavy (non-hydrogen) atoms. The molecule has 4 rings (SSSR count). The molecule has 1 aliphatic heterocycles. The molecule has 1 aromatic carbocycles. The van der Waals surface area contributed by atoms with Gasteiger partial charge in [-0.15, -0.1) is 12.4 Å². The largest absolute Gasteiger partial charge is 0.327 e. The second-order valence-corrected chi connectivity index (χ2v) is 6.57. The molecule has 124 valence electrons. The van der Waals surface area contributed by atoms with Crippen LogP contribution in [0.25, 0.3) is 5.69 Å². The van der Waals surface area contributed by atoms with E-state index in [4.69, 9.17) is 5.73 Å². The van der Waals surface area contributed by atoms with Gasteiger partial charge in [0.05, 0.1) is 11.4 Å². The Bertz CT molecular complexity index is 657. The zero-order valence-electron chi connectivity index (χ0n) is 12.9. The van der Waals surface area contributed by atoms with Crippen molar-refractivity contribution in [2.75, 3.05) is 13.1 Å². The minimum Gasteiger partial charge on any atom is -0.327 e. The van der Waals surface area contributed by atoms with E-state index in [0.29, 0.717) is 12.0 Å². The van der Waals surface area contributed by atoms with E-state index in [1.165, 1.54) is 25.0 Å². The van der Waals surface area contributed by atoms with E-state index >= 15 is 0 Å².